The largest absolute Gasteiger partial charge is 0.478 e. The van der Waals surface area contributed by atoms with Gasteiger partial charge in [-0.15, -0.1) is 11.8 Å². The van der Waals surface area contributed by atoms with Crippen LogP contribution >= 0.6 is 11.8 Å². The van der Waals surface area contributed by atoms with Gasteiger partial charge in [0.05, 0.1) is 5.56 Å². The van der Waals surface area contributed by atoms with E-state index in [1.807, 2.05) is 19.9 Å². The molecule has 4 heteroatoms. The number of aromatic carboxylic acids is 1. The van der Waals surface area contributed by atoms with Crippen LogP contribution in [-0.2, 0) is 5.75 Å². The summed E-state index contributed by atoms with van der Waals surface area (Å²) >= 11 is 1.48. The zero-order valence-electron chi connectivity index (χ0n) is 12.7. The third kappa shape index (κ3) is 3.64. The van der Waals surface area contributed by atoms with E-state index in [2.05, 4.69) is 37.0 Å². The molecule has 2 aromatic rings. The maximum Gasteiger partial charge on any atom is 0.338 e. The second-order valence-electron chi connectivity index (χ2n) is 5.27. The first-order valence-electron chi connectivity index (χ1n) is 6.79. The van der Waals surface area contributed by atoms with Gasteiger partial charge in [-0.25, -0.2) is 9.78 Å². The topological polar surface area (TPSA) is 50.2 Å². The number of pyridine rings is 1. The second kappa shape index (κ2) is 6.31. The molecular weight excluding hydrogens is 282 g/mol. The van der Waals surface area contributed by atoms with Crippen LogP contribution in [0.1, 0.15) is 38.3 Å². The van der Waals surface area contributed by atoms with Crippen molar-refractivity contribution < 1.29 is 9.90 Å². The highest BCUT2D eigenvalue weighted by Gasteiger charge is 2.16. The number of aryl methyl sites for hydroxylation is 4. The van der Waals surface area contributed by atoms with Crippen LogP contribution in [0.25, 0.3) is 0 Å². The molecule has 0 amide bonds. The number of rotatable bonds is 4. The van der Waals surface area contributed by atoms with Crippen molar-refractivity contribution in [2.45, 2.75) is 38.5 Å². The molecule has 0 aliphatic carbocycles. The standard InChI is InChI=1S/C17H19NO2S/c1-10-5-6-14(8-11(10)2)9-21-16-15(17(19)20)12(3)7-13(4)18-16/h5-8H,9H2,1-4H3,(H,19,20). The molecule has 0 bridgehead atoms. The van der Waals surface area contributed by atoms with Crippen molar-refractivity contribution in [3.63, 3.8) is 0 Å². The lowest BCUT2D eigenvalue weighted by Crippen LogP contribution is -2.05. The molecule has 0 unspecified atom stereocenters. The van der Waals surface area contributed by atoms with Gasteiger partial charge in [-0.1, -0.05) is 18.2 Å². The summed E-state index contributed by atoms with van der Waals surface area (Å²) in [5.41, 5.74) is 5.62. The molecule has 0 atom stereocenters. The number of nitrogens with zero attached hydrogens (tertiary/aromatic N) is 1. The van der Waals surface area contributed by atoms with E-state index >= 15 is 0 Å². The maximum absolute atomic E-state index is 11.4. The van der Waals surface area contributed by atoms with E-state index in [0.717, 1.165) is 17.0 Å². The Kier molecular flexibility index (Phi) is 4.68. The van der Waals surface area contributed by atoms with Gasteiger partial charge in [0.2, 0.25) is 0 Å². The highest BCUT2D eigenvalue weighted by Crippen LogP contribution is 2.27. The van der Waals surface area contributed by atoms with Crippen LogP contribution in [0.3, 0.4) is 0 Å². The van der Waals surface area contributed by atoms with Crippen molar-refractivity contribution in [1.29, 1.82) is 0 Å². The molecule has 0 aliphatic heterocycles. The van der Waals surface area contributed by atoms with Crippen LogP contribution in [0.2, 0.25) is 0 Å². The molecule has 0 saturated carbocycles. The lowest BCUT2D eigenvalue weighted by Gasteiger charge is -2.10. The molecule has 21 heavy (non-hydrogen) atoms. The van der Waals surface area contributed by atoms with Gasteiger partial charge in [-0.3, -0.25) is 0 Å². The van der Waals surface area contributed by atoms with Crippen molar-refractivity contribution in [1.82, 2.24) is 4.98 Å². The fourth-order valence-electron chi connectivity index (χ4n) is 2.21. The average molecular weight is 301 g/mol. The Labute approximate surface area is 129 Å². The molecule has 0 fully saturated rings. The summed E-state index contributed by atoms with van der Waals surface area (Å²) in [5, 5.41) is 9.96. The Bertz CT molecular complexity index is 695. The molecule has 1 N–H and O–H groups in total. The van der Waals surface area contributed by atoms with E-state index in [1.54, 1.807) is 0 Å². The van der Waals surface area contributed by atoms with Gasteiger partial charge in [0, 0.05) is 11.4 Å². The van der Waals surface area contributed by atoms with Crippen molar-refractivity contribution in [2.24, 2.45) is 0 Å². The lowest BCUT2D eigenvalue weighted by molar-refractivity contribution is 0.0691. The third-order valence-corrected chi connectivity index (χ3v) is 4.52. The lowest BCUT2D eigenvalue weighted by atomic mass is 10.1. The number of hydrogen-bond donors (Lipinski definition) is 1. The summed E-state index contributed by atoms with van der Waals surface area (Å²) in [5.74, 6) is -0.195. The van der Waals surface area contributed by atoms with Crippen LogP contribution in [0.4, 0.5) is 0 Å². The van der Waals surface area contributed by atoms with Crippen molar-refractivity contribution in [3.8, 4) is 0 Å². The summed E-state index contributed by atoms with van der Waals surface area (Å²) in [4.78, 5) is 15.8. The van der Waals surface area contributed by atoms with Gasteiger partial charge in [0.1, 0.15) is 5.03 Å². The monoisotopic (exact) mass is 301 g/mol. The molecule has 0 radical (unpaired) electrons. The number of benzene rings is 1. The second-order valence-corrected chi connectivity index (χ2v) is 6.24. The summed E-state index contributed by atoms with van der Waals surface area (Å²) in [6.45, 7) is 7.87. The van der Waals surface area contributed by atoms with E-state index < -0.39 is 5.97 Å². The normalized spacial score (nSPS) is 10.7. The minimum atomic E-state index is -0.914. The predicted octanol–water partition coefficient (Wildman–Crippen LogP) is 4.31. The summed E-state index contributed by atoms with van der Waals surface area (Å²) < 4.78 is 0. The highest BCUT2D eigenvalue weighted by molar-refractivity contribution is 7.98. The van der Waals surface area contributed by atoms with Crippen molar-refractivity contribution >= 4 is 17.7 Å². The average Bonchev–Trinajstić information content (AvgIpc) is 2.38. The molecule has 0 saturated heterocycles. The van der Waals surface area contributed by atoms with E-state index in [-0.39, 0.29) is 0 Å². The predicted molar refractivity (Wildman–Crippen MR) is 86.1 cm³/mol. The maximum atomic E-state index is 11.4. The molecule has 110 valence electrons. The number of carboxylic acid groups (broad SMARTS) is 1. The van der Waals surface area contributed by atoms with E-state index in [0.29, 0.717) is 10.6 Å². The third-order valence-electron chi connectivity index (χ3n) is 3.47. The van der Waals surface area contributed by atoms with Gasteiger partial charge >= 0.3 is 5.97 Å². The molecule has 3 nitrogen and oxygen atoms in total. The van der Waals surface area contributed by atoms with Gasteiger partial charge < -0.3 is 5.11 Å². The van der Waals surface area contributed by atoms with E-state index in [4.69, 9.17) is 0 Å². The van der Waals surface area contributed by atoms with Crippen molar-refractivity contribution in [2.75, 3.05) is 0 Å². The fourth-order valence-corrected chi connectivity index (χ4v) is 3.30. The Hall–Kier alpha value is -1.81. The Morgan fingerprint density at radius 2 is 1.81 bits per heavy atom. The van der Waals surface area contributed by atoms with Crippen LogP contribution in [0, 0.1) is 27.7 Å². The Morgan fingerprint density at radius 1 is 1.10 bits per heavy atom. The minimum Gasteiger partial charge on any atom is -0.478 e. The number of hydrogen-bond acceptors (Lipinski definition) is 3. The summed E-state index contributed by atoms with van der Waals surface area (Å²) in [6, 6.07) is 8.13. The SMILES string of the molecule is Cc1cc(C)c(C(=O)O)c(SCc2ccc(C)c(C)c2)n1. The van der Waals surface area contributed by atoms with Gasteiger partial charge in [0.15, 0.2) is 0 Å². The number of aromatic nitrogens is 1. The first-order valence-corrected chi connectivity index (χ1v) is 7.77. The van der Waals surface area contributed by atoms with Crippen LogP contribution < -0.4 is 0 Å². The number of carboxylic acids is 1. The first kappa shape index (κ1) is 15.6. The molecule has 1 heterocycles. The van der Waals surface area contributed by atoms with Gasteiger partial charge in [-0.05, 0) is 56.0 Å². The van der Waals surface area contributed by atoms with Crippen LogP contribution in [-0.4, -0.2) is 16.1 Å². The fraction of sp³-hybridized carbons (Fsp3) is 0.294. The highest BCUT2D eigenvalue weighted by atomic mass is 32.2. The summed E-state index contributed by atoms with van der Waals surface area (Å²) in [6.07, 6.45) is 0. The number of thioether (sulfide) groups is 1. The number of carbonyl (C=O) groups is 1. The molecule has 1 aromatic heterocycles. The molecule has 1 aromatic carbocycles. The van der Waals surface area contributed by atoms with Gasteiger partial charge in [0.25, 0.3) is 0 Å². The Balaban J connectivity index is 2.27. The van der Waals surface area contributed by atoms with Gasteiger partial charge in [-0.2, -0.15) is 0 Å². The molecule has 0 aliphatic rings. The van der Waals surface area contributed by atoms with E-state index in [9.17, 15) is 9.90 Å². The quantitative estimate of drug-likeness (QED) is 0.855. The zero-order chi connectivity index (χ0) is 15.6. The molecule has 2 rings (SSSR count). The Morgan fingerprint density at radius 3 is 2.43 bits per heavy atom. The summed E-state index contributed by atoms with van der Waals surface area (Å²) in [7, 11) is 0. The van der Waals surface area contributed by atoms with Crippen molar-refractivity contribution in [3.05, 3.63) is 57.8 Å². The zero-order valence-corrected chi connectivity index (χ0v) is 13.5. The van der Waals surface area contributed by atoms with Crippen LogP contribution in [0.15, 0.2) is 29.3 Å². The van der Waals surface area contributed by atoms with E-state index in [1.165, 1.54) is 28.5 Å². The molecule has 0 spiro atoms. The first-order chi connectivity index (χ1) is 9.88. The smallest absolute Gasteiger partial charge is 0.338 e. The minimum absolute atomic E-state index is 0.314. The van der Waals surface area contributed by atoms with Crippen LogP contribution in [0.5, 0.6) is 0 Å². The molecular formula is C17H19NO2S.